The quantitative estimate of drug-likeness (QED) is 0.482. The van der Waals surface area contributed by atoms with Gasteiger partial charge in [0.2, 0.25) is 11.8 Å². The molecule has 2 saturated carbocycles. The standard InChI is InChI=1S/C15H11Br2ClFNO2/c16-12-6-4-7(13(12)17)11-10(6)14(21)20(15(11)22)5-1-2-9(19)8(18)3-5/h1-3,6-7,10-13H,4H2. The largest absolute Gasteiger partial charge is 0.274 e. The van der Waals surface area contributed by atoms with Crippen molar-refractivity contribution in [3.8, 4) is 0 Å². The number of carbonyl (C=O) groups excluding carboxylic acids is 2. The molecule has 4 rings (SSSR count). The molecule has 1 saturated heterocycles. The Morgan fingerprint density at radius 1 is 1.09 bits per heavy atom. The van der Waals surface area contributed by atoms with Crippen LogP contribution in [0.5, 0.6) is 0 Å². The van der Waals surface area contributed by atoms with Gasteiger partial charge in [-0.3, -0.25) is 9.59 Å². The summed E-state index contributed by atoms with van der Waals surface area (Å²) in [6.45, 7) is 0. The Bertz CT molecular complexity index is 668. The molecule has 2 bridgehead atoms. The zero-order valence-corrected chi connectivity index (χ0v) is 15.1. The van der Waals surface area contributed by atoms with E-state index in [4.69, 9.17) is 11.6 Å². The number of carbonyl (C=O) groups is 2. The minimum absolute atomic E-state index is 0.0881. The number of imide groups is 1. The van der Waals surface area contributed by atoms with Gasteiger partial charge < -0.3 is 0 Å². The van der Waals surface area contributed by atoms with Crippen molar-refractivity contribution in [1.29, 1.82) is 0 Å². The number of rotatable bonds is 1. The van der Waals surface area contributed by atoms with Crippen LogP contribution in [-0.4, -0.2) is 21.5 Å². The molecule has 3 fully saturated rings. The van der Waals surface area contributed by atoms with Crippen molar-refractivity contribution in [2.24, 2.45) is 23.7 Å². The monoisotopic (exact) mass is 449 g/mol. The van der Waals surface area contributed by atoms with Crippen molar-refractivity contribution in [3.63, 3.8) is 0 Å². The number of anilines is 1. The highest BCUT2D eigenvalue weighted by molar-refractivity contribution is 9.12. The molecule has 6 unspecified atom stereocenters. The predicted octanol–water partition coefficient (Wildman–Crippen LogP) is 3.76. The van der Waals surface area contributed by atoms with Crippen LogP contribution in [0.25, 0.3) is 0 Å². The molecule has 1 heterocycles. The number of hydrogen-bond acceptors (Lipinski definition) is 2. The number of benzene rings is 1. The van der Waals surface area contributed by atoms with Crippen LogP contribution in [0.3, 0.4) is 0 Å². The number of halogens is 4. The number of alkyl halides is 2. The molecule has 0 radical (unpaired) electrons. The van der Waals surface area contributed by atoms with E-state index in [-0.39, 0.29) is 50.2 Å². The molecule has 2 amide bonds. The molecule has 22 heavy (non-hydrogen) atoms. The Morgan fingerprint density at radius 2 is 1.64 bits per heavy atom. The smallest absolute Gasteiger partial charge is 0.238 e. The number of hydrogen-bond donors (Lipinski definition) is 0. The Kier molecular flexibility index (Phi) is 3.44. The molecule has 0 spiro atoms. The van der Waals surface area contributed by atoms with E-state index in [9.17, 15) is 14.0 Å². The molecular weight excluding hydrogens is 440 g/mol. The van der Waals surface area contributed by atoms with Gasteiger partial charge in [-0.05, 0) is 36.5 Å². The van der Waals surface area contributed by atoms with Crippen LogP contribution in [0.4, 0.5) is 10.1 Å². The van der Waals surface area contributed by atoms with Crippen LogP contribution in [0.15, 0.2) is 18.2 Å². The van der Waals surface area contributed by atoms with Gasteiger partial charge in [0.1, 0.15) is 5.82 Å². The fourth-order valence-electron chi connectivity index (χ4n) is 4.23. The maximum Gasteiger partial charge on any atom is 0.238 e. The normalized spacial score (nSPS) is 39.7. The molecular formula is C15H11Br2ClFNO2. The fourth-order valence-corrected chi connectivity index (χ4v) is 6.28. The second-order valence-corrected chi connectivity index (χ2v) is 8.64. The van der Waals surface area contributed by atoms with E-state index >= 15 is 0 Å². The third-order valence-electron chi connectivity index (χ3n) is 5.15. The lowest BCUT2D eigenvalue weighted by Gasteiger charge is -2.28. The summed E-state index contributed by atoms with van der Waals surface area (Å²) in [5.41, 5.74) is 0.354. The summed E-state index contributed by atoms with van der Waals surface area (Å²) in [5.74, 6) is -1.17. The summed E-state index contributed by atoms with van der Waals surface area (Å²) < 4.78 is 13.3. The summed E-state index contributed by atoms with van der Waals surface area (Å²) in [5, 5.41) is -0.0881. The first-order valence-corrected chi connectivity index (χ1v) is 9.23. The molecule has 2 aliphatic carbocycles. The zero-order valence-electron chi connectivity index (χ0n) is 11.2. The van der Waals surface area contributed by atoms with Crippen molar-refractivity contribution in [2.45, 2.75) is 16.1 Å². The minimum atomic E-state index is -0.564. The number of nitrogens with zero attached hydrogens (tertiary/aromatic N) is 1. The predicted molar refractivity (Wildman–Crippen MR) is 87.9 cm³/mol. The van der Waals surface area contributed by atoms with Crippen molar-refractivity contribution in [3.05, 3.63) is 29.0 Å². The van der Waals surface area contributed by atoms with Gasteiger partial charge in [0, 0.05) is 9.65 Å². The van der Waals surface area contributed by atoms with Crippen LogP contribution in [-0.2, 0) is 9.59 Å². The highest BCUT2D eigenvalue weighted by Crippen LogP contribution is 2.60. The lowest BCUT2D eigenvalue weighted by Crippen LogP contribution is -2.37. The summed E-state index contributed by atoms with van der Waals surface area (Å²) in [6.07, 6.45) is 0.886. The van der Waals surface area contributed by atoms with E-state index < -0.39 is 5.82 Å². The van der Waals surface area contributed by atoms with E-state index in [1.807, 2.05) is 0 Å². The van der Waals surface area contributed by atoms with Crippen molar-refractivity contribution in [1.82, 2.24) is 0 Å². The highest BCUT2D eigenvalue weighted by atomic mass is 79.9. The number of amides is 2. The highest BCUT2D eigenvalue weighted by Gasteiger charge is 2.66. The summed E-state index contributed by atoms with van der Waals surface area (Å²) >= 11 is 13.1. The van der Waals surface area contributed by atoms with Gasteiger partial charge in [0.05, 0.1) is 22.5 Å². The molecule has 6 atom stereocenters. The second kappa shape index (κ2) is 5.02. The van der Waals surface area contributed by atoms with E-state index in [0.717, 1.165) is 6.42 Å². The lowest BCUT2D eigenvalue weighted by molar-refractivity contribution is -0.123. The van der Waals surface area contributed by atoms with Crippen molar-refractivity contribution >= 4 is 61.0 Å². The van der Waals surface area contributed by atoms with Crippen LogP contribution < -0.4 is 4.90 Å². The van der Waals surface area contributed by atoms with E-state index in [1.54, 1.807) is 0 Å². The van der Waals surface area contributed by atoms with Gasteiger partial charge in [0.15, 0.2) is 0 Å². The average molecular weight is 452 g/mol. The topological polar surface area (TPSA) is 37.4 Å². The SMILES string of the molecule is O=C1C2C3CC(C(Br)C3Br)C2C(=O)N1c1ccc(F)c(Cl)c1. The van der Waals surface area contributed by atoms with Gasteiger partial charge >= 0.3 is 0 Å². The van der Waals surface area contributed by atoms with Gasteiger partial charge in [-0.15, -0.1) is 0 Å². The molecule has 3 aliphatic rings. The summed E-state index contributed by atoms with van der Waals surface area (Å²) in [4.78, 5) is 27.1. The molecule has 0 aromatic heterocycles. The molecule has 1 aliphatic heterocycles. The first-order valence-electron chi connectivity index (χ1n) is 7.03. The first-order chi connectivity index (χ1) is 10.4. The van der Waals surface area contributed by atoms with Crippen LogP contribution >= 0.6 is 43.5 Å². The minimum Gasteiger partial charge on any atom is -0.274 e. The van der Waals surface area contributed by atoms with Crippen molar-refractivity contribution in [2.75, 3.05) is 4.90 Å². The average Bonchev–Trinajstić information content (AvgIpc) is 3.08. The molecule has 1 aromatic rings. The van der Waals surface area contributed by atoms with E-state index in [2.05, 4.69) is 31.9 Å². The lowest BCUT2D eigenvalue weighted by atomic mass is 9.81. The van der Waals surface area contributed by atoms with Crippen LogP contribution in [0.2, 0.25) is 5.02 Å². The maximum absolute atomic E-state index is 13.3. The molecule has 3 nitrogen and oxygen atoms in total. The number of fused-ring (bicyclic) bond motifs is 5. The molecule has 116 valence electrons. The first kappa shape index (κ1) is 15.1. The van der Waals surface area contributed by atoms with Crippen molar-refractivity contribution < 1.29 is 14.0 Å². The zero-order chi connectivity index (χ0) is 15.8. The van der Waals surface area contributed by atoms with E-state index in [0.29, 0.717) is 5.69 Å². The van der Waals surface area contributed by atoms with Crippen LogP contribution in [0, 0.1) is 29.5 Å². The third kappa shape index (κ3) is 1.83. The Labute approximate surface area is 148 Å². The Hall–Kier alpha value is -0.460. The summed E-state index contributed by atoms with van der Waals surface area (Å²) in [7, 11) is 0. The van der Waals surface area contributed by atoms with Crippen LogP contribution in [0.1, 0.15) is 6.42 Å². The van der Waals surface area contributed by atoms with Gasteiger partial charge in [-0.2, -0.15) is 0 Å². The fraction of sp³-hybridized carbons (Fsp3) is 0.467. The maximum atomic E-state index is 13.3. The van der Waals surface area contributed by atoms with Gasteiger partial charge in [-0.25, -0.2) is 9.29 Å². The molecule has 7 heteroatoms. The van der Waals surface area contributed by atoms with E-state index in [1.165, 1.54) is 23.1 Å². The second-order valence-electron chi connectivity index (χ2n) is 6.11. The Balaban J connectivity index is 1.74. The summed E-state index contributed by atoms with van der Waals surface area (Å²) in [6, 6.07) is 3.95. The Morgan fingerprint density at radius 3 is 2.14 bits per heavy atom. The van der Waals surface area contributed by atoms with Gasteiger partial charge in [0.25, 0.3) is 0 Å². The molecule has 0 N–H and O–H groups in total. The third-order valence-corrected chi connectivity index (χ3v) is 8.64. The molecule has 1 aromatic carbocycles. The van der Waals surface area contributed by atoms with Gasteiger partial charge in [-0.1, -0.05) is 43.5 Å².